The van der Waals surface area contributed by atoms with E-state index in [0.29, 0.717) is 10.8 Å². The number of aromatic carboxylic acids is 1. The first-order valence-electron chi connectivity index (χ1n) is 5.22. The summed E-state index contributed by atoms with van der Waals surface area (Å²) >= 11 is 4.62. The quantitative estimate of drug-likeness (QED) is 0.896. The Morgan fingerprint density at radius 1 is 1.44 bits per heavy atom. The van der Waals surface area contributed by atoms with Gasteiger partial charge in [-0.2, -0.15) is 0 Å². The second-order valence-electron chi connectivity index (χ2n) is 3.80. The van der Waals surface area contributed by atoms with E-state index in [9.17, 15) is 4.79 Å². The van der Waals surface area contributed by atoms with E-state index < -0.39 is 5.97 Å². The molecule has 0 radical (unpaired) electrons. The van der Waals surface area contributed by atoms with Crippen LogP contribution in [-0.2, 0) is 0 Å². The summed E-state index contributed by atoms with van der Waals surface area (Å²) in [4.78, 5) is 15.4. The van der Waals surface area contributed by atoms with Gasteiger partial charge in [0.2, 0.25) is 0 Å². The number of halogens is 1. The molecule has 0 saturated heterocycles. The predicted octanol–water partition coefficient (Wildman–Crippen LogP) is 3.96. The molecule has 18 heavy (non-hydrogen) atoms. The molecule has 2 N–H and O–H groups in total. The first kappa shape index (κ1) is 13.0. The van der Waals surface area contributed by atoms with Crippen molar-refractivity contribution < 1.29 is 9.90 Å². The van der Waals surface area contributed by atoms with Crippen molar-refractivity contribution in [2.45, 2.75) is 13.8 Å². The molecule has 0 aliphatic rings. The molecule has 1 aromatic carbocycles. The van der Waals surface area contributed by atoms with Crippen LogP contribution in [0.15, 0.2) is 22.7 Å². The van der Waals surface area contributed by atoms with Gasteiger partial charge in [0, 0.05) is 4.47 Å². The summed E-state index contributed by atoms with van der Waals surface area (Å²) in [6.45, 7) is 3.68. The smallest absolute Gasteiger partial charge is 0.347 e. The van der Waals surface area contributed by atoms with Crippen LogP contribution < -0.4 is 5.32 Å². The first-order valence-corrected chi connectivity index (χ1v) is 6.83. The molecule has 2 rings (SSSR count). The van der Waals surface area contributed by atoms with Crippen molar-refractivity contribution in [2.75, 3.05) is 5.32 Å². The van der Waals surface area contributed by atoms with Crippen molar-refractivity contribution in [1.29, 1.82) is 0 Å². The van der Waals surface area contributed by atoms with E-state index in [1.807, 2.05) is 25.1 Å². The molecule has 4 nitrogen and oxygen atoms in total. The van der Waals surface area contributed by atoms with E-state index in [1.165, 1.54) is 0 Å². The highest BCUT2D eigenvalue weighted by molar-refractivity contribution is 9.10. The molecule has 0 aliphatic heterocycles. The number of carboxylic acids is 1. The fourth-order valence-electron chi connectivity index (χ4n) is 1.51. The molecular formula is C12H11BrN2O2S. The minimum Gasteiger partial charge on any atom is -0.477 e. The number of aromatic nitrogens is 1. The molecule has 0 aliphatic carbocycles. The van der Waals surface area contributed by atoms with Gasteiger partial charge in [-0.15, -0.1) is 0 Å². The largest absolute Gasteiger partial charge is 0.477 e. The van der Waals surface area contributed by atoms with E-state index in [1.54, 1.807) is 6.92 Å². The number of benzene rings is 1. The van der Waals surface area contributed by atoms with Gasteiger partial charge in [-0.1, -0.05) is 23.5 Å². The molecular weight excluding hydrogens is 316 g/mol. The van der Waals surface area contributed by atoms with Crippen LogP contribution >= 0.6 is 27.3 Å². The summed E-state index contributed by atoms with van der Waals surface area (Å²) in [7, 11) is 0. The maximum absolute atomic E-state index is 10.9. The Hall–Kier alpha value is -1.40. The molecule has 0 saturated carbocycles. The minimum absolute atomic E-state index is 0.265. The SMILES string of the molecule is Cc1cccc(Nc2nc(C)c(C(=O)O)s2)c1Br. The van der Waals surface area contributed by atoms with Gasteiger partial charge in [-0.3, -0.25) is 0 Å². The number of carboxylic acid groups (broad SMARTS) is 1. The summed E-state index contributed by atoms with van der Waals surface area (Å²) in [5.74, 6) is -0.943. The maximum Gasteiger partial charge on any atom is 0.347 e. The van der Waals surface area contributed by atoms with Crippen LogP contribution in [0.4, 0.5) is 10.8 Å². The minimum atomic E-state index is -0.943. The third-order valence-corrected chi connectivity index (χ3v) is 4.54. The average Bonchev–Trinajstić information content (AvgIpc) is 2.66. The van der Waals surface area contributed by atoms with Crippen molar-refractivity contribution >= 4 is 44.1 Å². The number of rotatable bonds is 3. The van der Waals surface area contributed by atoms with E-state index in [2.05, 4.69) is 26.2 Å². The lowest BCUT2D eigenvalue weighted by atomic mass is 10.2. The Morgan fingerprint density at radius 2 is 2.17 bits per heavy atom. The normalized spacial score (nSPS) is 10.4. The van der Waals surface area contributed by atoms with Crippen molar-refractivity contribution in [1.82, 2.24) is 4.98 Å². The van der Waals surface area contributed by atoms with Gasteiger partial charge in [0.05, 0.1) is 11.4 Å². The van der Waals surface area contributed by atoms with Crippen LogP contribution in [0.25, 0.3) is 0 Å². The van der Waals surface area contributed by atoms with Crippen LogP contribution in [0.2, 0.25) is 0 Å². The maximum atomic E-state index is 10.9. The van der Waals surface area contributed by atoms with E-state index in [4.69, 9.17) is 5.11 Å². The topological polar surface area (TPSA) is 62.2 Å². The number of carbonyl (C=O) groups is 1. The van der Waals surface area contributed by atoms with Gasteiger partial charge in [-0.25, -0.2) is 9.78 Å². The molecule has 2 aromatic rings. The average molecular weight is 327 g/mol. The van der Waals surface area contributed by atoms with Crippen molar-refractivity contribution in [3.05, 3.63) is 38.8 Å². The lowest BCUT2D eigenvalue weighted by Gasteiger charge is -2.07. The number of aryl methyl sites for hydroxylation is 2. The van der Waals surface area contributed by atoms with Gasteiger partial charge in [0.25, 0.3) is 0 Å². The van der Waals surface area contributed by atoms with Crippen LogP contribution in [-0.4, -0.2) is 16.1 Å². The monoisotopic (exact) mass is 326 g/mol. The molecule has 0 bridgehead atoms. The highest BCUT2D eigenvalue weighted by atomic mass is 79.9. The molecule has 0 atom stereocenters. The summed E-state index contributed by atoms with van der Waals surface area (Å²) in [6, 6.07) is 5.83. The van der Waals surface area contributed by atoms with Gasteiger partial charge in [0.1, 0.15) is 4.88 Å². The zero-order chi connectivity index (χ0) is 13.3. The second kappa shape index (κ2) is 5.07. The Bertz CT molecular complexity index is 610. The van der Waals surface area contributed by atoms with Crippen LogP contribution in [0.1, 0.15) is 20.9 Å². The third kappa shape index (κ3) is 2.54. The fourth-order valence-corrected chi connectivity index (χ4v) is 2.69. The summed E-state index contributed by atoms with van der Waals surface area (Å²) in [5, 5.41) is 12.7. The third-order valence-electron chi connectivity index (χ3n) is 2.42. The molecule has 0 fully saturated rings. The highest BCUT2D eigenvalue weighted by Gasteiger charge is 2.14. The van der Waals surface area contributed by atoms with Crippen LogP contribution in [0.3, 0.4) is 0 Å². The number of thiazole rings is 1. The van der Waals surface area contributed by atoms with E-state index in [-0.39, 0.29) is 4.88 Å². The van der Waals surface area contributed by atoms with E-state index >= 15 is 0 Å². The van der Waals surface area contributed by atoms with Gasteiger partial charge in [0.15, 0.2) is 5.13 Å². The molecule has 0 spiro atoms. The Morgan fingerprint density at radius 3 is 2.78 bits per heavy atom. The second-order valence-corrected chi connectivity index (χ2v) is 5.59. The number of hydrogen-bond acceptors (Lipinski definition) is 4. The summed E-state index contributed by atoms with van der Waals surface area (Å²) in [5.41, 5.74) is 2.51. The zero-order valence-electron chi connectivity index (χ0n) is 9.82. The lowest BCUT2D eigenvalue weighted by molar-refractivity contribution is 0.0701. The van der Waals surface area contributed by atoms with Crippen LogP contribution in [0.5, 0.6) is 0 Å². The Labute approximate surface area is 117 Å². The van der Waals surface area contributed by atoms with Crippen molar-refractivity contribution in [2.24, 2.45) is 0 Å². The zero-order valence-corrected chi connectivity index (χ0v) is 12.2. The van der Waals surface area contributed by atoms with E-state index in [0.717, 1.165) is 27.1 Å². The van der Waals surface area contributed by atoms with Gasteiger partial charge in [-0.05, 0) is 41.4 Å². The number of hydrogen-bond donors (Lipinski definition) is 2. The Kier molecular flexibility index (Phi) is 3.68. The molecule has 0 unspecified atom stereocenters. The highest BCUT2D eigenvalue weighted by Crippen LogP contribution is 2.31. The lowest BCUT2D eigenvalue weighted by Crippen LogP contribution is -1.94. The molecule has 0 amide bonds. The molecule has 94 valence electrons. The van der Waals surface area contributed by atoms with Gasteiger partial charge >= 0.3 is 5.97 Å². The molecule has 6 heteroatoms. The number of anilines is 2. The standard InChI is InChI=1S/C12H11BrN2O2S/c1-6-4-3-5-8(9(6)13)15-12-14-7(2)10(18-12)11(16)17/h3-5H,1-2H3,(H,14,15)(H,16,17). The van der Waals surface area contributed by atoms with Crippen molar-refractivity contribution in [3.63, 3.8) is 0 Å². The first-order chi connectivity index (χ1) is 8.49. The predicted molar refractivity (Wildman–Crippen MR) is 76.0 cm³/mol. The molecule has 1 heterocycles. The Balaban J connectivity index is 2.32. The molecule has 1 aromatic heterocycles. The number of nitrogens with zero attached hydrogens (tertiary/aromatic N) is 1. The van der Waals surface area contributed by atoms with Crippen LogP contribution in [0, 0.1) is 13.8 Å². The van der Waals surface area contributed by atoms with Gasteiger partial charge < -0.3 is 10.4 Å². The summed E-state index contributed by atoms with van der Waals surface area (Å²) in [6.07, 6.45) is 0. The fraction of sp³-hybridized carbons (Fsp3) is 0.167. The number of nitrogens with one attached hydrogen (secondary N) is 1. The summed E-state index contributed by atoms with van der Waals surface area (Å²) < 4.78 is 0.953. The van der Waals surface area contributed by atoms with Crippen molar-refractivity contribution in [3.8, 4) is 0 Å².